The van der Waals surface area contributed by atoms with Crippen LogP contribution in [0, 0.1) is 5.92 Å². The third kappa shape index (κ3) is 3.31. The molecule has 2 aromatic rings. The molecule has 132 valence electrons. The fourth-order valence-corrected chi connectivity index (χ4v) is 3.30. The number of hydrogen-bond acceptors (Lipinski definition) is 5. The Morgan fingerprint density at radius 2 is 2.00 bits per heavy atom. The van der Waals surface area contributed by atoms with Gasteiger partial charge >= 0.3 is 0 Å². The molecule has 0 aromatic carbocycles. The van der Waals surface area contributed by atoms with Gasteiger partial charge in [0.15, 0.2) is 5.65 Å². The Morgan fingerprint density at radius 1 is 1.33 bits per heavy atom. The van der Waals surface area contributed by atoms with Gasteiger partial charge in [0.25, 0.3) is 5.56 Å². The minimum Gasteiger partial charge on any atom is -0.345 e. The number of nitrogens with zero attached hydrogens (tertiary/aromatic N) is 5. The molecule has 1 saturated heterocycles. The van der Waals surface area contributed by atoms with Gasteiger partial charge in [-0.15, -0.1) is 0 Å². The van der Waals surface area contributed by atoms with Gasteiger partial charge in [0.1, 0.15) is 5.39 Å². The summed E-state index contributed by atoms with van der Waals surface area (Å²) in [5.41, 5.74) is 0.309. The van der Waals surface area contributed by atoms with E-state index >= 15 is 0 Å². The lowest BCUT2D eigenvalue weighted by atomic mass is 9.97. The van der Waals surface area contributed by atoms with Crippen LogP contribution in [0.15, 0.2) is 11.0 Å². The molecule has 0 aliphatic carbocycles. The van der Waals surface area contributed by atoms with Crippen LogP contribution < -0.4 is 10.5 Å². The monoisotopic (exact) mass is 332 g/mol. The Balaban J connectivity index is 1.87. The summed E-state index contributed by atoms with van der Waals surface area (Å²) in [7, 11) is 4.17. The van der Waals surface area contributed by atoms with Gasteiger partial charge in [-0.2, -0.15) is 10.1 Å². The van der Waals surface area contributed by atoms with E-state index in [2.05, 4.69) is 47.7 Å². The predicted octanol–water partition coefficient (Wildman–Crippen LogP) is 1.65. The van der Waals surface area contributed by atoms with Crippen molar-refractivity contribution in [3.05, 3.63) is 16.6 Å². The largest absolute Gasteiger partial charge is 0.345 e. The lowest BCUT2D eigenvalue weighted by Crippen LogP contribution is -2.36. The number of rotatable bonds is 3. The lowest BCUT2D eigenvalue weighted by molar-refractivity contribution is 0.222. The van der Waals surface area contributed by atoms with Crippen molar-refractivity contribution in [1.29, 1.82) is 0 Å². The number of H-pyrrole nitrogens is 1. The average Bonchev–Trinajstić information content (AvgIpc) is 2.94. The maximum atomic E-state index is 12.4. The van der Waals surface area contributed by atoms with Gasteiger partial charge in [-0.1, -0.05) is 0 Å². The first-order valence-corrected chi connectivity index (χ1v) is 8.64. The van der Waals surface area contributed by atoms with E-state index < -0.39 is 0 Å². The average molecular weight is 332 g/mol. The molecule has 1 fully saturated rings. The van der Waals surface area contributed by atoms with Crippen LogP contribution in [0.1, 0.15) is 33.6 Å². The van der Waals surface area contributed by atoms with E-state index in [0.717, 1.165) is 19.6 Å². The van der Waals surface area contributed by atoms with Gasteiger partial charge in [0.05, 0.1) is 11.7 Å². The number of aromatic nitrogens is 4. The van der Waals surface area contributed by atoms with E-state index in [1.165, 1.54) is 12.8 Å². The van der Waals surface area contributed by atoms with Gasteiger partial charge < -0.3 is 9.80 Å². The zero-order chi connectivity index (χ0) is 17.5. The van der Waals surface area contributed by atoms with Gasteiger partial charge in [-0.25, -0.2) is 4.68 Å². The van der Waals surface area contributed by atoms with Crippen LogP contribution in [0.4, 0.5) is 5.95 Å². The molecule has 0 amide bonds. The third-order valence-electron chi connectivity index (χ3n) is 4.79. The molecule has 24 heavy (non-hydrogen) atoms. The molecule has 1 aliphatic rings. The first-order valence-electron chi connectivity index (χ1n) is 8.64. The Bertz CT molecular complexity index is 763. The molecule has 3 heterocycles. The highest BCUT2D eigenvalue weighted by Gasteiger charge is 2.22. The van der Waals surface area contributed by atoms with Gasteiger partial charge in [0.2, 0.25) is 5.95 Å². The van der Waals surface area contributed by atoms with Crippen molar-refractivity contribution < 1.29 is 0 Å². The summed E-state index contributed by atoms with van der Waals surface area (Å²) >= 11 is 0. The minimum atomic E-state index is -0.216. The van der Waals surface area contributed by atoms with Crippen molar-refractivity contribution in [2.45, 2.75) is 39.2 Å². The molecular formula is C17H28N6O. The van der Waals surface area contributed by atoms with Gasteiger partial charge in [-0.3, -0.25) is 9.78 Å². The van der Waals surface area contributed by atoms with Crippen molar-refractivity contribution in [3.8, 4) is 0 Å². The molecule has 0 bridgehead atoms. The zero-order valence-corrected chi connectivity index (χ0v) is 15.3. The topological polar surface area (TPSA) is 70.1 Å². The van der Waals surface area contributed by atoms with Crippen molar-refractivity contribution >= 4 is 17.0 Å². The molecule has 0 spiro atoms. The number of likely N-dealkylation sites (tertiary alicyclic amines) is 1. The minimum absolute atomic E-state index is 0.124. The molecule has 1 aliphatic heterocycles. The van der Waals surface area contributed by atoms with Crippen molar-refractivity contribution in [3.63, 3.8) is 0 Å². The number of aromatic amines is 1. The van der Waals surface area contributed by atoms with Gasteiger partial charge in [-0.05, 0) is 59.7 Å². The summed E-state index contributed by atoms with van der Waals surface area (Å²) in [4.78, 5) is 24.4. The maximum absolute atomic E-state index is 12.4. The zero-order valence-electron chi connectivity index (χ0n) is 15.3. The molecule has 7 heteroatoms. The van der Waals surface area contributed by atoms with Crippen molar-refractivity contribution in [2.24, 2.45) is 5.92 Å². The number of anilines is 1. The highest BCUT2D eigenvalue weighted by Crippen LogP contribution is 2.21. The van der Waals surface area contributed by atoms with E-state index in [-0.39, 0.29) is 11.1 Å². The third-order valence-corrected chi connectivity index (χ3v) is 4.79. The fraction of sp³-hybridized carbons (Fsp3) is 0.706. The predicted molar refractivity (Wildman–Crippen MR) is 96.6 cm³/mol. The molecule has 2 aromatic heterocycles. The highest BCUT2D eigenvalue weighted by atomic mass is 16.1. The van der Waals surface area contributed by atoms with E-state index in [1.54, 1.807) is 6.20 Å². The van der Waals surface area contributed by atoms with Crippen LogP contribution in [0.2, 0.25) is 0 Å². The SMILES string of the molecule is CN1CCC(CN(C)c2nc3c(cnn3C(C)(C)C)c(=O)[nH]2)CC1. The van der Waals surface area contributed by atoms with Crippen molar-refractivity contribution in [1.82, 2.24) is 24.6 Å². The van der Waals surface area contributed by atoms with Gasteiger partial charge in [0, 0.05) is 13.6 Å². The first-order chi connectivity index (χ1) is 11.3. The number of fused-ring (bicyclic) bond motifs is 1. The normalized spacial score (nSPS) is 17.5. The number of hydrogen-bond donors (Lipinski definition) is 1. The molecule has 0 saturated carbocycles. The second-order valence-corrected chi connectivity index (χ2v) is 7.98. The standard InChI is InChI=1S/C17H28N6O/c1-17(2,3)23-14-13(10-18-23)15(24)20-16(19-14)22(5)11-12-6-8-21(4)9-7-12/h10,12H,6-9,11H2,1-5H3,(H,19,20,24). The molecular weight excluding hydrogens is 304 g/mol. The van der Waals surface area contributed by atoms with Crippen LogP contribution in [-0.4, -0.2) is 58.4 Å². The summed E-state index contributed by atoms with van der Waals surface area (Å²) in [6, 6.07) is 0. The fourth-order valence-electron chi connectivity index (χ4n) is 3.30. The summed E-state index contributed by atoms with van der Waals surface area (Å²) < 4.78 is 1.82. The second kappa shape index (κ2) is 6.20. The van der Waals surface area contributed by atoms with Crippen LogP contribution in [0.3, 0.4) is 0 Å². The van der Waals surface area contributed by atoms with E-state index in [1.807, 2.05) is 11.7 Å². The van der Waals surface area contributed by atoms with Crippen LogP contribution in [0.25, 0.3) is 11.0 Å². The smallest absolute Gasteiger partial charge is 0.263 e. The molecule has 7 nitrogen and oxygen atoms in total. The molecule has 1 N–H and O–H groups in total. The summed E-state index contributed by atoms with van der Waals surface area (Å²) in [5.74, 6) is 1.26. The molecule has 0 unspecified atom stereocenters. The Labute approximate surface area is 142 Å². The van der Waals surface area contributed by atoms with E-state index in [9.17, 15) is 4.79 Å². The number of nitrogens with one attached hydrogen (secondary N) is 1. The summed E-state index contributed by atoms with van der Waals surface area (Å²) in [5, 5.41) is 4.90. The maximum Gasteiger partial charge on any atom is 0.263 e. The van der Waals surface area contributed by atoms with Crippen LogP contribution in [-0.2, 0) is 5.54 Å². The van der Waals surface area contributed by atoms with Crippen LogP contribution in [0.5, 0.6) is 0 Å². The molecule has 0 atom stereocenters. The van der Waals surface area contributed by atoms with E-state index in [0.29, 0.717) is 22.9 Å². The molecule has 3 rings (SSSR count). The first kappa shape index (κ1) is 17.0. The Kier molecular flexibility index (Phi) is 4.38. The Hall–Kier alpha value is -1.89. The Morgan fingerprint density at radius 3 is 2.62 bits per heavy atom. The molecule has 0 radical (unpaired) electrons. The highest BCUT2D eigenvalue weighted by molar-refractivity contribution is 5.74. The summed E-state index contributed by atoms with van der Waals surface area (Å²) in [6.07, 6.45) is 3.98. The number of piperidine rings is 1. The lowest BCUT2D eigenvalue weighted by Gasteiger charge is -2.31. The quantitative estimate of drug-likeness (QED) is 0.925. The second-order valence-electron chi connectivity index (χ2n) is 7.98. The van der Waals surface area contributed by atoms with Crippen molar-refractivity contribution in [2.75, 3.05) is 38.6 Å². The van der Waals surface area contributed by atoms with E-state index in [4.69, 9.17) is 4.98 Å². The van der Waals surface area contributed by atoms with Crippen LogP contribution >= 0.6 is 0 Å². The summed E-state index contributed by atoms with van der Waals surface area (Å²) in [6.45, 7) is 9.36.